The van der Waals surface area contributed by atoms with Gasteiger partial charge in [-0.25, -0.2) is 13.2 Å². The number of sulfone groups is 1. The van der Waals surface area contributed by atoms with E-state index in [0.29, 0.717) is 0 Å². The molecular formula is C11H12N2O3S. The first-order valence-corrected chi connectivity index (χ1v) is 7.24. The number of rotatable bonds is 1. The molecule has 2 fully saturated rings. The van der Waals surface area contributed by atoms with E-state index in [1.54, 1.807) is 4.90 Å². The molecule has 0 saturated carbocycles. The lowest BCUT2D eigenvalue weighted by Gasteiger charge is -2.21. The molecule has 2 unspecified atom stereocenters. The molecule has 2 aliphatic rings. The Bertz CT molecular complexity index is 555. The van der Waals surface area contributed by atoms with Gasteiger partial charge in [0.15, 0.2) is 9.84 Å². The van der Waals surface area contributed by atoms with Gasteiger partial charge in [0.25, 0.3) is 0 Å². The average molecular weight is 252 g/mol. The SMILES string of the molecule is O=C1NC2CS(=O)(=O)CC2N1c1ccccc1. The van der Waals surface area contributed by atoms with Crippen molar-refractivity contribution in [1.82, 2.24) is 5.32 Å². The first kappa shape index (κ1) is 10.6. The predicted octanol–water partition coefficient (Wildman–Crippen LogP) is 0.382. The van der Waals surface area contributed by atoms with Crippen molar-refractivity contribution in [3.05, 3.63) is 30.3 Å². The minimum absolute atomic E-state index is 0.0469. The molecule has 0 aliphatic carbocycles. The third kappa shape index (κ3) is 1.68. The Morgan fingerprint density at radius 2 is 1.88 bits per heavy atom. The number of urea groups is 1. The number of hydrogen-bond acceptors (Lipinski definition) is 3. The van der Waals surface area contributed by atoms with Crippen molar-refractivity contribution >= 4 is 21.6 Å². The van der Waals surface area contributed by atoms with Crippen LogP contribution in [-0.2, 0) is 9.84 Å². The van der Waals surface area contributed by atoms with Gasteiger partial charge in [-0.1, -0.05) is 18.2 Å². The van der Waals surface area contributed by atoms with E-state index < -0.39 is 9.84 Å². The molecule has 3 rings (SSSR count). The number of carbonyl (C=O) groups is 1. The second-order valence-corrected chi connectivity index (χ2v) is 6.56. The summed E-state index contributed by atoms with van der Waals surface area (Å²) < 4.78 is 23.1. The van der Waals surface area contributed by atoms with Crippen LogP contribution in [0.4, 0.5) is 10.5 Å². The Kier molecular flexibility index (Phi) is 2.16. The highest BCUT2D eigenvalue weighted by molar-refractivity contribution is 7.91. The number of hydrogen-bond donors (Lipinski definition) is 1. The second kappa shape index (κ2) is 3.46. The van der Waals surface area contributed by atoms with Crippen molar-refractivity contribution in [1.29, 1.82) is 0 Å². The molecule has 2 saturated heterocycles. The standard InChI is InChI=1S/C11H12N2O3S/c14-11-12-9-6-17(15,16)7-10(9)13(11)8-4-2-1-3-5-8/h1-5,9-10H,6-7H2,(H,12,14). The van der Waals surface area contributed by atoms with Crippen LogP contribution in [0.3, 0.4) is 0 Å². The molecule has 0 radical (unpaired) electrons. The monoisotopic (exact) mass is 252 g/mol. The Balaban J connectivity index is 1.98. The smallest absolute Gasteiger partial charge is 0.322 e. The summed E-state index contributed by atoms with van der Waals surface area (Å²) in [6, 6.07) is 8.41. The summed E-state index contributed by atoms with van der Waals surface area (Å²) in [5.74, 6) is 0.0953. The van der Waals surface area contributed by atoms with E-state index >= 15 is 0 Å². The summed E-state index contributed by atoms with van der Waals surface area (Å²) in [6.45, 7) is 0. The molecule has 6 heteroatoms. The maximum Gasteiger partial charge on any atom is 0.322 e. The highest BCUT2D eigenvalue weighted by Gasteiger charge is 2.49. The average Bonchev–Trinajstić information content (AvgIpc) is 2.69. The third-order valence-corrected chi connectivity index (χ3v) is 4.93. The number of fused-ring (bicyclic) bond motifs is 1. The fraction of sp³-hybridized carbons (Fsp3) is 0.364. The summed E-state index contributed by atoms with van der Waals surface area (Å²) in [6.07, 6.45) is 0. The molecule has 17 heavy (non-hydrogen) atoms. The molecule has 2 aliphatic heterocycles. The summed E-state index contributed by atoms with van der Waals surface area (Å²) in [7, 11) is -3.03. The van der Waals surface area contributed by atoms with E-state index in [4.69, 9.17) is 0 Å². The van der Waals surface area contributed by atoms with Crippen molar-refractivity contribution in [3.63, 3.8) is 0 Å². The minimum Gasteiger partial charge on any atom is -0.332 e. The first-order chi connectivity index (χ1) is 8.07. The number of benzene rings is 1. The second-order valence-electron chi connectivity index (χ2n) is 4.41. The van der Waals surface area contributed by atoms with Crippen molar-refractivity contribution < 1.29 is 13.2 Å². The quantitative estimate of drug-likeness (QED) is 0.735. The molecule has 0 spiro atoms. The molecule has 2 atom stereocenters. The summed E-state index contributed by atoms with van der Waals surface area (Å²) >= 11 is 0. The molecule has 0 aromatic heterocycles. The minimum atomic E-state index is -3.03. The van der Waals surface area contributed by atoms with Gasteiger partial charge < -0.3 is 5.32 Å². The highest BCUT2D eigenvalue weighted by atomic mass is 32.2. The van der Waals surface area contributed by atoms with E-state index in [9.17, 15) is 13.2 Å². The number of anilines is 1. The van der Waals surface area contributed by atoms with Gasteiger partial charge in [0.05, 0.1) is 23.6 Å². The maximum absolute atomic E-state index is 11.8. The Morgan fingerprint density at radius 1 is 1.18 bits per heavy atom. The van der Waals surface area contributed by atoms with E-state index in [1.165, 1.54) is 0 Å². The molecule has 1 aromatic rings. The van der Waals surface area contributed by atoms with Crippen LogP contribution in [-0.4, -0.2) is 38.0 Å². The van der Waals surface area contributed by atoms with Gasteiger partial charge in [0.1, 0.15) is 0 Å². The van der Waals surface area contributed by atoms with Crippen LogP contribution in [0.15, 0.2) is 30.3 Å². The van der Waals surface area contributed by atoms with Gasteiger partial charge in [0, 0.05) is 5.69 Å². The molecule has 2 amide bonds. The third-order valence-electron chi connectivity index (χ3n) is 3.22. The number of nitrogens with one attached hydrogen (secondary N) is 1. The van der Waals surface area contributed by atoms with Gasteiger partial charge in [0.2, 0.25) is 0 Å². The van der Waals surface area contributed by atoms with Crippen LogP contribution in [0.25, 0.3) is 0 Å². The van der Waals surface area contributed by atoms with Crippen LogP contribution < -0.4 is 10.2 Å². The van der Waals surface area contributed by atoms with Crippen LogP contribution >= 0.6 is 0 Å². The lowest BCUT2D eigenvalue weighted by Crippen LogP contribution is -2.36. The van der Waals surface area contributed by atoms with Gasteiger partial charge in [-0.15, -0.1) is 0 Å². The first-order valence-electron chi connectivity index (χ1n) is 5.42. The van der Waals surface area contributed by atoms with E-state index in [2.05, 4.69) is 5.32 Å². The molecule has 1 N–H and O–H groups in total. The summed E-state index contributed by atoms with van der Waals surface area (Å²) in [5.41, 5.74) is 0.745. The zero-order valence-electron chi connectivity index (χ0n) is 9.04. The molecule has 1 aromatic carbocycles. The number of carbonyl (C=O) groups excluding carboxylic acids is 1. The normalized spacial score (nSPS) is 30.1. The van der Waals surface area contributed by atoms with Crippen LogP contribution in [0.2, 0.25) is 0 Å². The zero-order valence-corrected chi connectivity index (χ0v) is 9.85. The maximum atomic E-state index is 11.8. The molecule has 90 valence electrons. The van der Waals surface area contributed by atoms with Gasteiger partial charge >= 0.3 is 6.03 Å². The van der Waals surface area contributed by atoms with Gasteiger partial charge in [-0.3, -0.25) is 4.90 Å². The molecule has 5 nitrogen and oxygen atoms in total. The van der Waals surface area contributed by atoms with Crippen molar-refractivity contribution in [2.75, 3.05) is 16.4 Å². The number of para-hydroxylation sites is 1. The van der Waals surface area contributed by atoms with Gasteiger partial charge in [-0.05, 0) is 12.1 Å². The van der Waals surface area contributed by atoms with Crippen LogP contribution in [0, 0.1) is 0 Å². The molecule has 2 heterocycles. The van der Waals surface area contributed by atoms with Crippen molar-refractivity contribution in [3.8, 4) is 0 Å². The van der Waals surface area contributed by atoms with Crippen molar-refractivity contribution in [2.24, 2.45) is 0 Å². The lowest BCUT2D eigenvalue weighted by atomic mass is 10.1. The highest BCUT2D eigenvalue weighted by Crippen LogP contribution is 2.28. The Morgan fingerprint density at radius 3 is 2.59 bits per heavy atom. The summed E-state index contributed by atoms with van der Waals surface area (Å²) in [5, 5.41) is 2.73. The largest absolute Gasteiger partial charge is 0.332 e. The van der Waals surface area contributed by atoms with E-state index in [1.807, 2.05) is 30.3 Å². The van der Waals surface area contributed by atoms with Crippen LogP contribution in [0.5, 0.6) is 0 Å². The fourth-order valence-electron chi connectivity index (χ4n) is 2.50. The van der Waals surface area contributed by atoms with Crippen molar-refractivity contribution in [2.45, 2.75) is 12.1 Å². The van der Waals surface area contributed by atoms with E-state index in [-0.39, 0.29) is 29.6 Å². The Labute approximate surface area is 99.3 Å². The zero-order chi connectivity index (χ0) is 12.0. The predicted molar refractivity (Wildman–Crippen MR) is 63.7 cm³/mol. The lowest BCUT2D eigenvalue weighted by molar-refractivity contribution is 0.251. The molecular weight excluding hydrogens is 240 g/mol. The van der Waals surface area contributed by atoms with Crippen LogP contribution in [0.1, 0.15) is 0 Å². The van der Waals surface area contributed by atoms with E-state index in [0.717, 1.165) is 5.69 Å². The molecule has 0 bridgehead atoms. The fourth-order valence-corrected chi connectivity index (χ4v) is 4.39. The number of nitrogens with zero attached hydrogens (tertiary/aromatic N) is 1. The van der Waals surface area contributed by atoms with Gasteiger partial charge in [-0.2, -0.15) is 0 Å². The summed E-state index contributed by atoms with van der Waals surface area (Å²) in [4.78, 5) is 13.4. The number of amides is 2. The topological polar surface area (TPSA) is 66.5 Å². The Hall–Kier alpha value is -1.56.